The zero-order chi connectivity index (χ0) is 18.9. The van der Waals surface area contributed by atoms with Gasteiger partial charge in [0.05, 0.1) is 29.7 Å². The number of ether oxygens (including phenoxy) is 1. The van der Waals surface area contributed by atoms with E-state index in [1.807, 2.05) is 13.0 Å². The van der Waals surface area contributed by atoms with Crippen molar-refractivity contribution in [1.82, 2.24) is 14.5 Å². The first-order valence-corrected chi connectivity index (χ1v) is 7.91. The second kappa shape index (κ2) is 6.67. The first-order valence-electron chi connectivity index (χ1n) is 7.91. The van der Waals surface area contributed by atoms with Crippen LogP contribution in [-0.2, 0) is 13.2 Å². The molecule has 0 fully saturated rings. The minimum Gasteiger partial charge on any atom is -0.493 e. The number of hydrogen-bond donors (Lipinski definition) is 0. The van der Waals surface area contributed by atoms with Gasteiger partial charge in [0.1, 0.15) is 17.3 Å². The lowest BCUT2D eigenvalue weighted by molar-refractivity contribution is -0.138. The highest BCUT2D eigenvalue weighted by Crippen LogP contribution is 2.39. The van der Waals surface area contributed by atoms with Crippen molar-refractivity contribution in [2.45, 2.75) is 19.5 Å². The number of halogens is 3. The number of nitrogens with zero attached hydrogens (tertiary/aromatic N) is 4. The summed E-state index contributed by atoms with van der Waals surface area (Å²) in [5, 5.41) is 9.28. The summed E-state index contributed by atoms with van der Waals surface area (Å²) in [6.45, 7) is 2.01. The van der Waals surface area contributed by atoms with Crippen molar-refractivity contribution in [3.8, 4) is 23.1 Å². The van der Waals surface area contributed by atoms with E-state index in [4.69, 9.17) is 4.74 Å². The third-order valence-corrected chi connectivity index (χ3v) is 3.86. The van der Waals surface area contributed by atoms with Crippen LogP contribution in [0.1, 0.15) is 24.6 Å². The highest BCUT2D eigenvalue weighted by atomic mass is 19.4. The van der Waals surface area contributed by atoms with E-state index >= 15 is 0 Å². The van der Waals surface area contributed by atoms with Crippen molar-refractivity contribution in [2.75, 3.05) is 6.61 Å². The smallest absolute Gasteiger partial charge is 0.419 e. The Morgan fingerprint density at radius 2 is 2.04 bits per heavy atom. The molecular formula is C18H15F3N4O. The average Bonchev–Trinajstić information content (AvgIpc) is 2.99. The summed E-state index contributed by atoms with van der Waals surface area (Å²) in [7, 11) is 1.74. The summed E-state index contributed by atoms with van der Waals surface area (Å²) in [5.74, 6) is -0.217. The molecular weight excluding hydrogens is 345 g/mol. The number of rotatable bonds is 4. The van der Waals surface area contributed by atoms with Gasteiger partial charge in [0.25, 0.3) is 0 Å². The number of alkyl halides is 3. The van der Waals surface area contributed by atoms with E-state index in [0.29, 0.717) is 17.5 Å². The van der Waals surface area contributed by atoms with E-state index in [0.717, 1.165) is 6.07 Å². The number of imidazole rings is 1. The molecule has 0 atom stereocenters. The fraction of sp³-hybridized carbons (Fsp3) is 0.278. The lowest BCUT2D eigenvalue weighted by Crippen LogP contribution is -2.09. The molecule has 0 radical (unpaired) electrons. The van der Waals surface area contributed by atoms with Crippen molar-refractivity contribution >= 4 is 11.0 Å². The normalized spacial score (nSPS) is 11.5. The van der Waals surface area contributed by atoms with Crippen LogP contribution in [0.2, 0.25) is 0 Å². The number of fused-ring (bicyclic) bond motifs is 1. The Hall–Kier alpha value is -3.08. The molecule has 2 aromatic heterocycles. The Morgan fingerprint density at radius 3 is 2.69 bits per heavy atom. The highest BCUT2D eigenvalue weighted by molar-refractivity contribution is 5.84. The largest absolute Gasteiger partial charge is 0.493 e. The number of aryl methyl sites for hydroxylation is 1. The first-order chi connectivity index (χ1) is 12.3. The third-order valence-electron chi connectivity index (χ3n) is 3.86. The maximum Gasteiger partial charge on any atom is 0.419 e. The molecule has 0 saturated carbocycles. The standard InChI is InChI=1S/C18H15F3N4O/c1-3-6-26-16-5-4-11(7-12(16)18(19,20)21)13-8-15-17(14(9-22)24-13)23-10-25(15)2/h4-5,7-8,10H,3,6H2,1-2H3. The summed E-state index contributed by atoms with van der Waals surface area (Å²) < 4.78 is 47.2. The molecule has 3 aromatic rings. The monoisotopic (exact) mass is 360 g/mol. The van der Waals surface area contributed by atoms with Gasteiger partial charge in [-0.25, -0.2) is 9.97 Å². The lowest BCUT2D eigenvalue weighted by Gasteiger charge is -2.15. The second-order valence-electron chi connectivity index (χ2n) is 5.75. The number of nitriles is 1. The number of benzene rings is 1. The van der Waals surface area contributed by atoms with E-state index in [-0.39, 0.29) is 29.3 Å². The summed E-state index contributed by atoms with van der Waals surface area (Å²) in [6, 6.07) is 7.35. The molecule has 0 amide bonds. The van der Waals surface area contributed by atoms with E-state index in [9.17, 15) is 18.4 Å². The van der Waals surface area contributed by atoms with Crippen LogP contribution in [-0.4, -0.2) is 21.1 Å². The Balaban J connectivity index is 2.16. The fourth-order valence-corrected chi connectivity index (χ4v) is 2.60. The summed E-state index contributed by atoms with van der Waals surface area (Å²) in [5.41, 5.74) is 0.752. The molecule has 134 valence electrons. The molecule has 8 heteroatoms. The first kappa shape index (κ1) is 17.7. The van der Waals surface area contributed by atoms with Gasteiger partial charge in [0.15, 0.2) is 5.69 Å². The minimum atomic E-state index is -4.56. The van der Waals surface area contributed by atoms with Gasteiger partial charge in [-0.1, -0.05) is 6.92 Å². The van der Waals surface area contributed by atoms with Crippen LogP contribution in [0.15, 0.2) is 30.6 Å². The maximum absolute atomic E-state index is 13.4. The zero-order valence-electron chi connectivity index (χ0n) is 14.1. The van der Waals surface area contributed by atoms with Crippen LogP contribution in [0, 0.1) is 11.3 Å². The summed E-state index contributed by atoms with van der Waals surface area (Å²) in [4.78, 5) is 8.28. The molecule has 26 heavy (non-hydrogen) atoms. The third kappa shape index (κ3) is 3.20. The van der Waals surface area contributed by atoms with Crippen molar-refractivity contribution < 1.29 is 17.9 Å². The number of aromatic nitrogens is 3. The quantitative estimate of drug-likeness (QED) is 0.695. The van der Waals surface area contributed by atoms with Crippen molar-refractivity contribution in [3.63, 3.8) is 0 Å². The van der Waals surface area contributed by atoms with Gasteiger partial charge in [0, 0.05) is 12.6 Å². The van der Waals surface area contributed by atoms with E-state index in [2.05, 4.69) is 9.97 Å². The van der Waals surface area contributed by atoms with Gasteiger partial charge >= 0.3 is 6.18 Å². The van der Waals surface area contributed by atoms with Gasteiger partial charge < -0.3 is 9.30 Å². The van der Waals surface area contributed by atoms with E-state index in [1.165, 1.54) is 18.5 Å². The predicted molar refractivity (Wildman–Crippen MR) is 89.4 cm³/mol. The molecule has 3 rings (SSSR count). The van der Waals surface area contributed by atoms with E-state index < -0.39 is 11.7 Å². The molecule has 1 aromatic carbocycles. The van der Waals surface area contributed by atoms with Crippen molar-refractivity contribution in [2.24, 2.45) is 7.05 Å². The van der Waals surface area contributed by atoms with Gasteiger partial charge in [-0.15, -0.1) is 0 Å². The predicted octanol–water partition coefficient (Wildman–Crippen LogP) is 4.31. The average molecular weight is 360 g/mol. The molecule has 0 N–H and O–H groups in total. The molecule has 0 spiro atoms. The molecule has 0 aliphatic heterocycles. The molecule has 0 bridgehead atoms. The van der Waals surface area contributed by atoms with Crippen molar-refractivity contribution in [1.29, 1.82) is 5.26 Å². The second-order valence-corrected chi connectivity index (χ2v) is 5.75. The van der Waals surface area contributed by atoms with E-state index in [1.54, 1.807) is 17.7 Å². The topological polar surface area (TPSA) is 63.7 Å². The Labute approximate surface area is 147 Å². The van der Waals surface area contributed by atoms with Crippen LogP contribution in [0.3, 0.4) is 0 Å². The summed E-state index contributed by atoms with van der Waals surface area (Å²) in [6.07, 6.45) is -2.43. The van der Waals surface area contributed by atoms with Crippen LogP contribution in [0.4, 0.5) is 13.2 Å². The Bertz CT molecular complexity index is 1000. The van der Waals surface area contributed by atoms with Crippen molar-refractivity contribution in [3.05, 3.63) is 41.9 Å². The van der Waals surface area contributed by atoms with Crippen LogP contribution < -0.4 is 4.74 Å². The van der Waals surface area contributed by atoms with Gasteiger partial charge in [0.2, 0.25) is 0 Å². The molecule has 2 heterocycles. The molecule has 5 nitrogen and oxygen atoms in total. The van der Waals surface area contributed by atoms with Crippen LogP contribution in [0.25, 0.3) is 22.3 Å². The summed E-state index contributed by atoms with van der Waals surface area (Å²) >= 11 is 0. The Kier molecular flexibility index (Phi) is 4.55. The van der Waals surface area contributed by atoms with Crippen LogP contribution >= 0.6 is 0 Å². The van der Waals surface area contributed by atoms with Gasteiger partial charge in [-0.05, 0) is 30.7 Å². The lowest BCUT2D eigenvalue weighted by atomic mass is 10.1. The van der Waals surface area contributed by atoms with Gasteiger partial charge in [-0.3, -0.25) is 0 Å². The highest BCUT2D eigenvalue weighted by Gasteiger charge is 2.35. The minimum absolute atomic E-state index is 0.0676. The molecule has 0 aliphatic carbocycles. The molecule has 0 saturated heterocycles. The molecule has 0 aliphatic rings. The molecule has 0 unspecified atom stereocenters. The zero-order valence-corrected chi connectivity index (χ0v) is 14.1. The maximum atomic E-state index is 13.4. The van der Waals surface area contributed by atoms with Crippen LogP contribution in [0.5, 0.6) is 5.75 Å². The SMILES string of the molecule is CCCOc1ccc(-c2cc3c(ncn3C)c(C#N)n2)cc1C(F)(F)F. The number of hydrogen-bond acceptors (Lipinski definition) is 4. The Morgan fingerprint density at radius 1 is 1.27 bits per heavy atom. The fourth-order valence-electron chi connectivity index (χ4n) is 2.60. The number of pyridine rings is 1. The van der Waals surface area contributed by atoms with Gasteiger partial charge in [-0.2, -0.15) is 18.4 Å².